The van der Waals surface area contributed by atoms with Crippen LogP contribution in [0, 0.1) is 13.8 Å². The number of para-hydroxylation sites is 2. The van der Waals surface area contributed by atoms with Gasteiger partial charge in [0.05, 0.1) is 11.1 Å². The fourth-order valence-electron chi connectivity index (χ4n) is 3.89. The minimum absolute atomic E-state index is 0.581. The van der Waals surface area contributed by atoms with Crippen LogP contribution in [0.3, 0.4) is 0 Å². The van der Waals surface area contributed by atoms with Crippen molar-refractivity contribution in [2.45, 2.75) is 37.8 Å². The van der Waals surface area contributed by atoms with E-state index in [0.29, 0.717) is 11.0 Å². The molecule has 0 atom stereocenters. The molecule has 5 rings (SSSR count). The van der Waals surface area contributed by atoms with Crippen LogP contribution in [0.5, 0.6) is 0 Å². The molecule has 4 heterocycles. The Labute approximate surface area is 184 Å². The molecule has 5 aromatic rings. The highest BCUT2D eigenvalue weighted by atomic mass is 32.2. The molecule has 0 amide bonds. The summed E-state index contributed by atoms with van der Waals surface area (Å²) >= 11 is 1.50. The second-order valence-electron chi connectivity index (χ2n) is 7.99. The summed E-state index contributed by atoms with van der Waals surface area (Å²) in [6.45, 7) is 6.28. The van der Waals surface area contributed by atoms with Crippen molar-refractivity contribution in [2.75, 3.05) is 20.6 Å². The fraction of sp³-hybridized carbons (Fsp3) is 0.364. The Bertz CT molecular complexity index is 1350. The molecule has 160 valence electrons. The maximum absolute atomic E-state index is 5.80. The van der Waals surface area contributed by atoms with Gasteiger partial charge in [0.25, 0.3) is 5.22 Å². The first-order valence-electron chi connectivity index (χ1n) is 10.3. The lowest BCUT2D eigenvalue weighted by Gasteiger charge is -2.11. The molecular weight excluding hydrogens is 410 g/mol. The third-order valence-electron chi connectivity index (χ3n) is 5.58. The van der Waals surface area contributed by atoms with Gasteiger partial charge in [-0.1, -0.05) is 23.9 Å². The van der Waals surface area contributed by atoms with E-state index in [4.69, 9.17) is 14.4 Å². The molecule has 0 saturated heterocycles. The van der Waals surface area contributed by atoms with Crippen LogP contribution in [0.25, 0.3) is 27.8 Å². The average molecular weight is 436 g/mol. The summed E-state index contributed by atoms with van der Waals surface area (Å²) in [5.74, 6) is 1.32. The average Bonchev–Trinajstić information content (AvgIpc) is 3.42. The third kappa shape index (κ3) is 3.68. The van der Waals surface area contributed by atoms with Crippen molar-refractivity contribution in [3.63, 3.8) is 0 Å². The van der Waals surface area contributed by atoms with Gasteiger partial charge in [-0.2, -0.15) is 0 Å². The number of thioether (sulfide) groups is 1. The number of oxazole rings is 1. The normalized spacial score (nSPS) is 12.2. The number of rotatable bonds is 7. The molecule has 0 aliphatic heterocycles. The van der Waals surface area contributed by atoms with Crippen molar-refractivity contribution in [3.8, 4) is 0 Å². The summed E-state index contributed by atoms with van der Waals surface area (Å²) in [4.78, 5) is 16.3. The highest BCUT2D eigenvalue weighted by molar-refractivity contribution is 7.98. The van der Waals surface area contributed by atoms with Crippen LogP contribution in [0.15, 0.2) is 40.2 Å². The van der Waals surface area contributed by atoms with E-state index in [0.717, 1.165) is 53.1 Å². The molecule has 0 fully saturated rings. The summed E-state index contributed by atoms with van der Waals surface area (Å²) in [7, 11) is 4.20. The van der Waals surface area contributed by atoms with Gasteiger partial charge in [0, 0.05) is 12.2 Å². The largest absolute Gasteiger partial charge is 0.431 e. The number of hydrogen-bond acceptors (Lipinski definition) is 7. The molecule has 0 spiro atoms. The second kappa shape index (κ2) is 7.97. The standard InChI is InChI=1S/C22H25N7OS/c1-14-15(2)28(11-7-10-27(3)4)20-19(14)21-25-18(26-29(21)13-23-20)12-31-22-24-16-8-5-6-9-17(16)30-22/h5-6,8-9,13H,7,10-12H2,1-4H3. The van der Waals surface area contributed by atoms with Crippen molar-refractivity contribution in [1.82, 2.24) is 34.0 Å². The van der Waals surface area contributed by atoms with Crippen molar-refractivity contribution in [3.05, 3.63) is 47.7 Å². The van der Waals surface area contributed by atoms with Crippen molar-refractivity contribution in [2.24, 2.45) is 0 Å². The lowest BCUT2D eigenvalue weighted by atomic mass is 10.2. The minimum atomic E-state index is 0.581. The minimum Gasteiger partial charge on any atom is -0.431 e. The quantitative estimate of drug-likeness (QED) is 0.357. The Morgan fingerprint density at radius 2 is 1.94 bits per heavy atom. The van der Waals surface area contributed by atoms with Gasteiger partial charge < -0.3 is 13.9 Å². The second-order valence-corrected chi connectivity index (χ2v) is 8.92. The smallest absolute Gasteiger partial charge is 0.257 e. The van der Waals surface area contributed by atoms with Gasteiger partial charge >= 0.3 is 0 Å². The van der Waals surface area contributed by atoms with Gasteiger partial charge in [0.15, 0.2) is 17.1 Å². The number of fused-ring (bicyclic) bond motifs is 4. The molecule has 1 aromatic carbocycles. The van der Waals surface area contributed by atoms with Gasteiger partial charge in [-0.25, -0.2) is 19.5 Å². The van der Waals surface area contributed by atoms with Crippen LogP contribution < -0.4 is 0 Å². The van der Waals surface area contributed by atoms with Crippen LogP contribution >= 0.6 is 11.8 Å². The maximum atomic E-state index is 5.80. The Hall–Kier alpha value is -2.91. The van der Waals surface area contributed by atoms with Crippen molar-refractivity contribution < 1.29 is 4.42 Å². The Morgan fingerprint density at radius 1 is 1.10 bits per heavy atom. The number of nitrogens with zero attached hydrogens (tertiary/aromatic N) is 7. The molecule has 8 nitrogen and oxygen atoms in total. The third-order valence-corrected chi connectivity index (χ3v) is 6.40. The SMILES string of the molecule is Cc1c(C)n(CCCN(C)C)c2ncn3nc(CSc4nc5ccccc5o4)nc3c12. The monoisotopic (exact) mass is 435 g/mol. The van der Waals surface area contributed by atoms with Crippen molar-refractivity contribution in [1.29, 1.82) is 0 Å². The first-order valence-corrected chi connectivity index (χ1v) is 11.3. The lowest BCUT2D eigenvalue weighted by molar-refractivity contribution is 0.387. The van der Waals surface area contributed by atoms with E-state index in [1.807, 2.05) is 24.3 Å². The Kier molecular flexibility index (Phi) is 5.15. The first kappa shape index (κ1) is 20.0. The zero-order chi connectivity index (χ0) is 21.5. The Morgan fingerprint density at radius 3 is 2.74 bits per heavy atom. The molecule has 0 unspecified atom stereocenters. The number of aromatic nitrogens is 6. The highest BCUT2D eigenvalue weighted by Gasteiger charge is 2.18. The molecule has 0 radical (unpaired) electrons. The van der Waals surface area contributed by atoms with E-state index < -0.39 is 0 Å². The zero-order valence-electron chi connectivity index (χ0n) is 18.2. The number of hydrogen-bond donors (Lipinski definition) is 0. The van der Waals surface area contributed by atoms with Crippen LogP contribution in [-0.2, 0) is 12.3 Å². The van der Waals surface area contributed by atoms with Gasteiger partial charge in [-0.3, -0.25) is 0 Å². The first-order chi connectivity index (χ1) is 15.0. The fourth-order valence-corrected chi connectivity index (χ4v) is 4.58. The lowest BCUT2D eigenvalue weighted by Crippen LogP contribution is -2.15. The van der Waals surface area contributed by atoms with Gasteiger partial charge in [-0.05, 0) is 58.6 Å². The topological polar surface area (TPSA) is 77.3 Å². The molecule has 0 bridgehead atoms. The maximum Gasteiger partial charge on any atom is 0.257 e. The zero-order valence-corrected chi connectivity index (χ0v) is 19.0. The summed E-state index contributed by atoms with van der Waals surface area (Å²) in [5, 5.41) is 6.34. The van der Waals surface area contributed by atoms with E-state index in [1.54, 1.807) is 10.8 Å². The molecule has 9 heteroatoms. The predicted octanol–water partition coefficient (Wildman–Crippen LogP) is 4.08. The van der Waals surface area contributed by atoms with Gasteiger partial charge in [0.2, 0.25) is 0 Å². The van der Waals surface area contributed by atoms with Gasteiger partial charge in [-0.15, -0.1) is 5.10 Å². The van der Waals surface area contributed by atoms with Crippen LogP contribution in [-0.4, -0.2) is 54.7 Å². The summed E-state index contributed by atoms with van der Waals surface area (Å²) in [6, 6.07) is 7.77. The van der Waals surface area contributed by atoms with Crippen LogP contribution in [0.2, 0.25) is 0 Å². The summed E-state index contributed by atoms with van der Waals surface area (Å²) in [6.07, 6.45) is 2.84. The molecule has 4 aromatic heterocycles. The number of aryl methyl sites for hydroxylation is 2. The van der Waals surface area contributed by atoms with E-state index in [2.05, 4.69) is 47.5 Å². The molecule has 0 saturated carbocycles. The summed E-state index contributed by atoms with van der Waals surface area (Å²) in [5.41, 5.74) is 5.93. The Balaban J connectivity index is 1.44. The molecule has 0 aliphatic rings. The summed E-state index contributed by atoms with van der Waals surface area (Å²) < 4.78 is 9.88. The molecular formula is C22H25N7OS. The van der Waals surface area contributed by atoms with E-state index in [1.165, 1.54) is 23.0 Å². The number of benzene rings is 1. The van der Waals surface area contributed by atoms with Gasteiger partial charge in [0.1, 0.15) is 17.5 Å². The highest BCUT2D eigenvalue weighted by Crippen LogP contribution is 2.29. The molecule has 0 N–H and O–H groups in total. The molecule has 0 aliphatic carbocycles. The van der Waals surface area contributed by atoms with E-state index in [-0.39, 0.29) is 0 Å². The van der Waals surface area contributed by atoms with Crippen LogP contribution in [0.1, 0.15) is 23.5 Å². The van der Waals surface area contributed by atoms with E-state index in [9.17, 15) is 0 Å². The predicted molar refractivity (Wildman–Crippen MR) is 122 cm³/mol. The molecule has 31 heavy (non-hydrogen) atoms. The van der Waals surface area contributed by atoms with Crippen molar-refractivity contribution >= 4 is 39.5 Å². The van der Waals surface area contributed by atoms with E-state index >= 15 is 0 Å². The van der Waals surface area contributed by atoms with Crippen LogP contribution in [0.4, 0.5) is 0 Å².